The van der Waals surface area contributed by atoms with Crippen LogP contribution >= 0.6 is 0 Å². The lowest BCUT2D eigenvalue weighted by Gasteiger charge is -2.23. The summed E-state index contributed by atoms with van der Waals surface area (Å²) >= 11 is 0. The van der Waals surface area contributed by atoms with Crippen LogP contribution in [0.2, 0.25) is 0 Å². The molecule has 22 heteroatoms. The number of rotatable bonds is 10. The maximum Gasteiger partial charge on any atom is 0.243 e. The van der Waals surface area contributed by atoms with Crippen LogP contribution < -0.4 is 59.7 Å². The molecule has 1 heterocycles. The van der Waals surface area contributed by atoms with E-state index in [-0.39, 0.29) is 69.6 Å². The number of aliphatic imine (C=N–C) groups is 1. The first-order valence-electron chi connectivity index (χ1n) is 17.4. The van der Waals surface area contributed by atoms with Crippen molar-refractivity contribution in [1.29, 1.82) is 0 Å². The average Bonchev–Trinajstić information content (AvgIpc) is 3.12. The maximum absolute atomic E-state index is 14.5. The summed E-state index contributed by atoms with van der Waals surface area (Å²) in [6.07, 6.45) is -0.355. The van der Waals surface area contributed by atoms with Crippen molar-refractivity contribution in [3.05, 3.63) is 35.6 Å². The molecular formula is C33H49FN12O9. The zero-order valence-corrected chi connectivity index (χ0v) is 30.3. The summed E-state index contributed by atoms with van der Waals surface area (Å²) in [5, 5.41) is 19.3. The van der Waals surface area contributed by atoms with E-state index in [1.807, 2.05) is 0 Å². The Bertz CT molecular complexity index is 1600. The molecule has 1 fully saturated rings. The quantitative estimate of drug-likeness (QED) is 0.0607. The number of guanidine groups is 1. The third-order valence-corrected chi connectivity index (χ3v) is 7.93. The van der Waals surface area contributed by atoms with Crippen LogP contribution in [-0.4, -0.2) is 116 Å². The lowest BCUT2D eigenvalue weighted by Crippen LogP contribution is -2.55. The lowest BCUT2D eigenvalue weighted by molar-refractivity contribution is -0.133. The van der Waals surface area contributed by atoms with Crippen LogP contribution in [0.1, 0.15) is 51.0 Å². The number of hydrogen-bond acceptors (Lipinski definition) is 10. The van der Waals surface area contributed by atoms with E-state index in [1.54, 1.807) is 0 Å². The van der Waals surface area contributed by atoms with E-state index in [4.69, 9.17) is 17.2 Å². The molecule has 1 aliphatic rings. The van der Waals surface area contributed by atoms with Gasteiger partial charge in [-0.15, -0.1) is 0 Å². The molecule has 1 aliphatic heterocycles. The fourth-order valence-electron chi connectivity index (χ4n) is 5.15. The second-order valence-corrected chi connectivity index (χ2v) is 12.4. The Balaban J connectivity index is 2.31. The molecule has 0 aliphatic carbocycles. The minimum absolute atomic E-state index is 0.000917. The summed E-state index contributed by atoms with van der Waals surface area (Å²) in [7, 11) is 0. The van der Waals surface area contributed by atoms with Gasteiger partial charge in [-0.05, 0) is 43.7 Å². The van der Waals surface area contributed by atoms with Crippen LogP contribution in [0, 0.1) is 5.82 Å². The number of nitrogens with one attached hydrogen (secondary N) is 8. The maximum atomic E-state index is 14.5. The van der Waals surface area contributed by atoms with Crippen molar-refractivity contribution in [1.82, 2.24) is 42.5 Å². The standard InChI is InChI=1S/C33H49FN12O9/c1-18(47)43-23(9-5-13-39-33(36)37)32(55)46-22-8-4-12-38-25(48)11-10-21(29(35)52)44-27(50)16-40-26(49)15-41-31(54)24(45-28(51)17-42-30(22)53)14-19-6-2-3-7-20(19)34/h2-3,6-7,21-24H,4-5,8-17H2,1H3,(H2,35,52)(H,38,48)(H,40,49)(H,41,54)(H,42,53)(H,43,47)(H,44,50)(H,45,51)(H,46,55)(H4,36,37,39). The minimum atomic E-state index is -1.44. The van der Waals surface area contributed by atoms with Crippen LogP contribution in [0.4, 0.5) is 4.39 Å². The van der Waals surface area contributed by atoms with Crippen LogP contribution in [0.3, 0.4) is 0 Å². The van der Waals surface area contributed by atoms with E-state index in [0.29, 0.717) is 0 Å². The predicted octanol–water partition coefficient (Wildman–Crippen LogP) is -5.10. The van der Waals surface area contributed by atoms with Gasteiger partial charge in [-0.1, -0.05) is 18.2 Å². The number of halogens is 1. The van der Waals surface area contributed by atoms with Gasteiger partial charge < -0.3 is 59.7 Å². The van der Waals surface area contributed by atoms with Crippen molar-refractivity contribution in [3.8, 4) is 0 Å². The summed E-state index contributed by atoms with van der Waals surface area (Å²) in [5.74, 6) is -7.84. The number of primary amides is 1. The summed E-state index contributed by atoms with van der Waals surface area (Å²) in [6.45, 7) is -0.627. The summed E-state index contributed by atoms with van der Waals surface area (Å²) in [5.41, 5.74) is 16.1. The first kappa shape index (κ1) is 44.8. The molecule has 0 spiro atoms. The third-order valence-electron chi connectivity index (χ3n) is 7.93. The number of carbonyl (C=O) groups is 9. The third kappa shape index (κ3) is 17.8. The first-order valence-corrected chi connectivity index (χ1v) is 17.4. The normalized spacial score (nSPS) is 20.4. The van der Waals surface area contributed by atoms with Crippen molar-refractivity contribution in [2.75, 3.05) is 32.7 Å². The Kier molecular flexibility index (Phi) is 19.0. The largest absolute Gasteiger partial charge is 0.370 e. The number of benzene rings is 1. The van der Waals surface area contributed by atoms with E-state index in [0.717, 1.165) is 6.07 Å². The van der Waals surface area contributed by atoms with Gasteiger partial charge in [0.05, 0.1) is 19.6 Å². The van der Waals surface area contributed by atoms with Gasteiger partial charge in [0.25, 0.3) is 0 Å². The lowest BCUT2D eigenvalue weighted by atomic mass is 10.0. The Morgan fingerprint density at radius 1 is 0.855 bits per heavy atom. The molecule has 0 aromatic heterocycles. The number of nitrogens with two attached hydrogens (primary N) is 3. The van der Waals surface area contributed by atoms with Gasteiger partial charge in [0.15, 0.2) is 5.96 Å². The Labute approximate surface area is 315 Å². The number of hydrogen-bond donors (Lipinski definition) is 11. The Morgan fingerprint density at radius 2 is 1.51 bits per heavy atom. The molecule has 1 aromatic rings. The fraction of sp³-hybridized carbons (Fsp3) is 0.515. The van der Waals surface area contributed by atoms with Crippen molar-refractivity contribution in [3.63, 3.8) is 0 Å². The molecule has 21 nitrogen and oxygen atoms in total. The molecule has 4 unspecified atom stereocenters. The Morgan fingerprint density at radius 3 is 2.18 bits per heavy atom. The Hall–Kier alpha value is -6.35. The second kappa shape index (κ2) is 23.3. The van der Waals surface area contributed by atoms with Crippen LogP contribution in [-0.2, 0) is 49.6 Å². The van der Waals surface area contributed by atoms with Gasteiger partial charge >= 0.3 is 0 Å². The number of carbonyl (C=O) groups excluding carboxylic acids is 9. The molecule has 1 saturated heterocycles. The van der Waals surface area contributed by atoms with Gasteiger partial charge in [0.1, 0.15) is 30.0 Å². The molecule has 302 valence electrons. The molecule has 2 rings (SSSR count). The summed E-state index contributed by atoms with van der Waals surface area (Å²) < 4.78 is 14.5. The average molecular weight is 777 g/mol. The van der Waals surface area contributed by atoms with Gasteiger partial charge in [-0.2, -0.15) is 0 Å². The molecule has 14 N–H and O–H groups in total. The molecular weight excluding hydrogens is 727 g/mol. The zero-order chi connectivity index (χ0) is 40.9. The predicted molar refractivity (Wildman–Crippen MR) is 193 cm³/mol. The first-order chi connectivity index (χ1) is 26.0. The fourth-order valence-corrected chi connectivity index (χ4v) is 5.15. The smallest absolute Gasteiger partial charge is 0.243 e. The van der Waals surface area contributed by atoms with Gasteiger partial charge in [0.2, 0.25) is 53.2 Å². The van der Waals surface area contributed by atoms with Crippen LogP contribution in [0.15, 0.2) is 29.3 Å². The topological polar surface area (TPSA) is 340 Å². The van der Waals surface area contributed by atoms with Crippen molar-refractivity contribution in [2.45, 2.75) is 76.0 Å². The molecule has 4 atom stereocenters. The molecule has 1 aromatic carbocycles. The van der Waals surface area contributed by atoms with E-state index in [1.165, 1.54) is 25.1 Å². The molecule has 0 radical (unpaired) electrons. The molecule has 0 saturated carbocycles. The number of amides is 9. The zero-order valence-electron chi connectivity index (χ0n) is 30.3. The van der Waals surface area contributed by atoms with E-state index in [9.17, 15) is 47.5 Å². The second-order valence-electron chi connectivity index (χ2n) is 12.4. The number of nitrogens with zero attached hydrogens (tertiary/aromatic N) is 1. The van der Waals surface area contributed by atoms with Gasteiger partial charge in [0, 0.05) is 32.9 Å². The van der Waals surface area contributed by atoms with Crippen molar-refractivity contribution in [2.24, 2.45) is 22.2 Å². The molecule has 55 heavy (non-hydrogen) atoms. The minimum Gasteiger partial charge on any atom is -0.370 e. The van der Waals surface area contributed by atoms with E-state index in [2.05, 4.69) is 47.5 Å². The van der Waals surface area contributed by atoms with E-state index < -0.39 is 103 Å². The molecule has 9 amide bonds. The highest BCUT2D eigenvalue weighted by Crippen LogP contribution is 2.10. The van der Waals surface area contributed by atoms with Gasteiger partial charge in [-0.3, -0.25) is 48.1 Å². The highest BCUT2D eigenvalue weighted by Gasteiger charge is 2.28. The monoisotopic (exact) mass is 776 g/mol. The van der Waals surface area contributed by atoms with Crippen molar-refractivity contribution < 1.29 is 47.5 Å². The highest BCUT2D eigenvalue weighted by atomic mass is 19.1. The SMILES string of the molecule is CC(=O)NC(CCCN=C(N)N)C(=O)NC1CCCNC(=O)CCC(C(N)=O)NC(=O)CNC(=O)CNC(=O)C(Cc2ccccc2F)NC(=O)CNC1=O. The van der Waals surface area contributed by atoms with Crippen molar-refractivity contribution >= 4 is 59.1 Å². The van der Waals surface area contributed by atoms with Crippen LogP contribution in [0.25, 0.3) is 0 Å². The van der Waals surface area contributed by atoms with E-state index >= 15 is 0 Å². The summed E-state index contributed by atoms with van der Waals surface area (Å²) in [4.78, 5) is 118. The van der Waals surface area contributed by atoms with Crippen LogP contribution in [0.5, 0.6) is 0 Å². The molecule has 0 bridgehead atoms. The van der Waals surface area contributed by atoms with Gasteiger partial charge in [-0.25, -0.2) is 4.39 Å². The highest BCUT2D eigenvalue weighted by molar-refractivity contribution is 5.95. The summed E-state index contributed by atoms with van der Waals surface area (Å²) in [6, 6.07) is 0.374.